The first kappa shape index (κ1) is 18.0. The Morgan fingerprint density at radius 2 is 1.84 bits per heavy atom. The summed E-state index contributed by atoms with van der Waals surface area (Å²) in [6.45, 7) is 2.83. The molecule has 0 atom stereocenters. The summed E-state index contributed by atoms with van der Waals surface area (Å²) in [7, 11) is 0. The number of unbranched alkanes of at least 4 members (excludes halogenated alkanes) is 1. The number of amidine groups is 1. The zero-order valence-corrected chi connectivity index (χ0v) is 16.4. The molecule has 0 bridgehead atoms. The summed E-state index contributed by atoms with van der Waals surface area (Å²) in [5.41, 5.74) is 1.87. The van der Waals surface area contributed by atoms with Crippen molar-refractivity contribution in [3.05, 3.63) is 69.5 Å². The normalized spacial score (nSPS) is 17.7. The van der Waals surface area contributed by atoms with Crippen LogP contribution in [0.25, 0.3) is 6.08 Å². The summed E-state index contributed by atoms with van der Waals surface area (Å²) in [5, 5.41) is 0.757. The second kappa shape index (κ2) is 8.50. The van der Waals surface area contributed by atoms with Gasteiger partial charge in [-0.15, -0.1) is 0 Å². The lowest BCUT2D eigenvalue weighted by Gasteiger charge is -2.14. The third kappa shape index (κ3) is 4.61. The van der Waals surface area contributed by atoms with Crippen molar-refractivity contribution in [2.75, 3.05) is 6.54 Å². The van der Waals surface area contributed by atoms with Gasteiger partial charge in [-0.1, -0.05) is 59.6 Å². The highest BCUT2D eigenvalue weighted by Gasteiger charge is 2.32. The number of hydrogen-bond acceptors (Lipinski definition) is 3. The molecule has 0 aromatic heterocycles. The predicted molar refractivity (Wildman–Crippen MR) is 110 cm³/mol. The van der Waals surface area contributed by atoms with Gasteiger partial charge in [-0.2, -0.15) is 0 Å². The molecule has 25 heavy (non-hydrogen) atoms. The summed E-state index contributed by atoms with van der Waals surface area (Å²) in [6.07, 6.45) is 3.94. The maximum atomic E-state index is 12.8. The van der Waals surface area contributed by atoms with Crippen molar-refractivity contribution in [3.63, 3.8) is 0 Å². The molecule has 5 heteroatoms. The zero-order chi connectivity index (χ0) is 17.6. The van der Waals surface area contributed by atoms with Crippen molar-refractivity contribution >= 4 is 50.5 Å². The van der Waals surface area contributed by atoms with E-state index in [4.69, 9.17) is 0 Å². The van der Waals surface area contributed by atoms with Gasteiger partial charge in [0.1, 0.15) is 0 Å². The Balaban J connectivity index is 1.90. The first-order chi connectivity index (χ1) is 12.2. The largest absolute Gasteiger partial charge is 0.286 e. The SMILES string of the molecule is CCCCN1C(=O)/C(=C/c2ccc(Br)cc2)SC1=Nc1ccccc1. The van der Waals surface area contributed by atoms with Crippen LogP contribution in [0, 0.1) is 0 Å². The predicted octanol–water partition coefficient (Wildman–Crippen LogP) is 5.85. The van der Waals surface area contributed by atoms with Gasteiger partial charge in [0.05, 0.1) is 10.6 Å². The van der Waals surface area contributed by atoms with Gasteiger partial charge in [0.15, 0.2) is 5.17 Å². The molecule has 2 aromatic rings. The van der Waals surface area contributed by atoms with Crippen LogP contribution in [0.4, 0.5) is 5.69 Å². The quantitative estimate of drug-likeness (QED) is 0.574. The van der Waals surface area contributed by atoms with E-state index in [1.807, 2.05) is 60.7 Å². The molecule has 0 aliphatic carbocycles. The van der Waals surface area contributed by atoms with Crippen LogP contribution in [0.15, 0.2) is 69.0 Å². The van der Waals surface area contributed by atoms with Gasteiger partial charge in [0.2, 0.25) is 0 Å². The molecule has 0 N–H and O–H groups in total. The molecule has 3 nitrogen and oxygen atoms in total. The highest BCUT2D eigenvalue weighted by Crippen LogP contribution is 2.34. The Hall–Kier alpha value is -1.85. The molecule has 1 saturated heterocycles. The average molecular weight is 415 g/mol. The number of aliphatic imine (C=N–C) groups is 1. The molecule has 0 unspecified atom stereocenters. The number of carbonyl (C=O) groups excluding carboxylic acids is 1. The number of para-hydroxylation sites is 1. The van der Waals surface area contributed by atoms with Crippen LogP contribution in [0.3, 0.4) is 0 Å². The van der Waals surface area contributed by atoms with E-state index in [2.05, 4.69) is 27.8 Å². The Bertz CT molecular complexity index is 800. The van der Waals surface area contributed by atoms with Crippen LogP contribution in [0.1, 0.15) is 25.3 Å². The molecule has 3 rings (SSSR count). The lowest BCUT2D eigenvalue weighted by Crippen LogP contribution is -2.30. The number of benzene rings is 2. The maximum absolute atomic E-state index is 12.8. The minimum atomic E-state index is 0.0380. The van der Waals surface area contributed by atoms with Crippen molar-refractivity contribution < 1.29 is 4.79 Å². The molecule has 1 fully saturated rings. The molecule has 1 aliphatic heterocycles. The molecule has 1 heterocycles. The van der Waals surface area contributed by atoms with Crippen molar-refractivity contribution in [2.45, 2.75) is 19.8 Å². The van der Waals surface area contributed by atoms with E-state index in [0.717, 1.165) is 33.7 Å². The second-order valence-electron chi connectivity index (χ2n) is 5.70. The fourth-order valence-corrected chi connectivity index (χ4v) is 3.72. The molecule has 0 spiro atoms. The average Bonchev–Trinajstić information content (AvgIpc) is 2.91. The number of rotatable bonds is 5. The Kier molecular flexibility index (Phi) is 6.10. The molecule has 1 amide bonds. The molecular formula is C20H19BrN2OS. The van der Waals surface area contributed by atoms with E-state index in [1.165, 1.54) is 11.8 Å². The van der Waals surface area contributed by atoms with Crippen LogP contribution in [0.5, 0.6) is 0 Å². The number of halogens is 1. The van der Waals surface area contributed by atoms with E-state index in [-0.39, 0.29) is 5.91 Å². The molecule has 0 radical (unpaired) electrons. The van der Waals surface area contributed by atoms with Gasteiger partial charge in [-0.3, -0.25) is 9.69 Å². The van der Waals surface area contributed by atoms with Gasteiger partial charge in [-0.25, -0.2) is 4.99 Å². The Morgan fingerprint density at radius 1 is 1.12 bits per heavy atom. The van der Waals surface area contributed by atoms with Crippen molar-refractivity contribution in [1.82, 2.24) is 4.90 Å². The zero-order valence-electron chi connectivity index (χ0n) is 14.0. The Morgan fingerprint density at radius 3 is 2.52 bits per heavy atom. The van der Waals surface area contributed by atoms with Gasteiger partial charge in [-0.05, 0) is 54.1 Å². The second-order valence-corrected chi connectivity index (χ2v) is 7.63. The van der Waals surface area contributed by atoms with Crippen molar-refractivity contribution in [2.24, 2.45) is 4.99 Å². The van der Waals surface area contributed by atoms with Crippen molar-refractivity contribution in [3.8, 4) is 0 Å². The monoisotopic (exact) mass is 414 g/mol. The minimum Gasteiger partial charge on any atom is -0.286 e. The van der Waals surface area contributed by atoms with Crippen LogP contribution in [-0.4, -0.2) is 22.5 Å². The van der Waals surface area contributed by atoms with Gasteiger partial charge in [0, 0.05) is 11.0 Å². The van der Waals surface area contributed by atoms with E-state index in [1.54, 1.807) is 4.90 Å². The summed E-state index contributed by atoms with van der Waals surface area (Å²) in [6, 6.07) is 17.7. The Labute approximate surface area is 161 Å². The minimum absolute atomic E-state index is 0.0380. The summed E-state index contributed by atoms with van der Waals surface area (Å²) >= 11 is 4.88. The lowest BCUT2D eigenvalue weighted by atomic mass is 10.2. The molecular weight excluding hydrogens is 396 g/mol. The standard InChI is InChI=1S/C20H19BrN2OS/c1-2-3-13-23-19(24)18(14-15-9-11-16(21)12-10-15)25-20(23)22-17-7-5-4-6-8-17/h4-12,14H,2-3,13H2,1H3/b18-14-,22-20?. The van der Waals surface area contributed by atoms with E-state index >= 15 is 0 Å². The summed E-state index contributed by atoms with van der Waals surface area (Å²) in [5.74, 6) is 0.0380. The molecule has 128 valence electrons. The van der Waals surface area contributed by atoms with Gasteiger partial charge < -0.3 is 0 Å². The number of carbonyl (C=O) groups is 1. The van der Waals surface area contributed by atoms with E-state index in [9.17, 15) is 4.79 Å². The summed E-state index contributed by atoms with van der Waals surface area (Å²) < 4.78 is 1.02. The first-order valence-corrected chi connectivity index (χ1v) is 9.89. The molecule has 2 aromatic carbocycles. The number of amides is 1. The number of hydrogen-bond donors (Lipinski definition) is 0. The van der Waals surface area contributed by atoms with E-state index in [0.29, 0.717) is 11.4 Å². The van der Waals surface area contributed by atoms with Crippen LogP contribution >= 0.6 is 27.7 Å². The molecule has 1 aliphatic rings. The highest BCUT2D eigenvalue weighted by molar-refractivity contribution is 9.10. The van der Waals surface area contributed by atoms with Crippen LogP contribution in [0.2, 0.25) is 0 Å². The fourth-order valence-electron chi connectivity index (χ4n) is 2.43. The molecule has 0 saturated carbocycles. The maximum Gasteiger partial charge on any atom is 0.266 e. The van der Waals surface area contributed by atoms with Crippen LogP contribution < -0.4 is 0 Å². The van der Waals surface area contributed by atoms with Gasteiger partial charge >= 0.3 is 0 Å². The number of thioether (sulfide) groups is 1. The smallest absolute Gasteiger partial charge is 0.266 e. The third-order valence-electron chi connectivity index (χ3n) is 3.77. The third-order valence-corrected chi connectivity index (χ3v) is 5.31. The topological polar surface area (TPSA) is 32.7 Å². The number of nitrogens with zero attached hydrogens (tertiary/aromatic N) is 2. The fraction of sp³-hybridized carbons (Fsp3) is 0.200. The van der Waals surface area contributed by atoms with Crippen molar-refractivity contribution in [1.29, 1.82) is 0 Å². The van der Waals surface area contributed by atoms with Crippen LogP contribution in [-0.2, 0) is 4.79 Å². The van der Waals surface area contributed by atoms with E-state index < -0.39 is 0 Å². The highest BCUT2D eigenvalue weighted by atomic mass is 79.9. The first-order valence-electron chi connectivity index (χ1n) is 8.28. The van der Waals surface area contributed by atoms with Gasteiger partial charge in [0.25, 0.3) is 5.91 Å². The lowest BCUT2D eigenvalue weighted by molar-refractivity contribution is -0.122. The summed E-state index contributed by atoms with van der Waals surface area (Å²) in [4.78, 5) is 20.0.